The van der Waals surface area contributed by atoms with Crippen molar-refractivity contribution in [2.75, 3.05) is 0 Å². The highest BCUT2D eigenvalue weighted by atomic mass is 16.2. The van der Waals surface area contributed by atoms with E-state index in [0.29, 0.717) is 5.69 Å². The molecule has 0 unspecified atom stereocenters. The third kappa shape index (κ3) is 2.72. The molecule has 3 rings (SSSR count). The first-order valence-corrected chi connectivity index (χ1v) is 7.13. The highest BCUT2D eigenvalue weighted by molar-refractivity contribution is 6.00. The third-order valence-corrected chi connectivity index (χ3v) is 3.82. The first-order valence-electron chi connectivity index (χ1n) is 7.13. The van der Waals surface area contributed by atoms with E-state index >= 15 is 0 Å². The van der Waals surface area contributed by atoms with E-state index in [2.05, 4.69) is 20.7 Å². The largest absolute Gasteiger partial charge is 0.292 e. The van der Waals surface area contributed by atoms with Crippen molar-refractivity contribution in [2.45, 2.75) is 33.1 Å². The molecule has 1 aromatic heterocycles. The molecule has 108 valence electrons. The molecule has 1 aliphatic rings. The Morgan fingerprint density at radius 3 is 2.81 bits per heavy atom. The number of hydrogen-bond donors (Lipinski definition) is 2. The standard InChI is InChI=1S/C16H18N4O/c1-10-6-8-12(9-7-10)11(2)17-20-16(21)15-13-4-3-5-14(13)18-19-15/h6-9H,3-5H2,1-2H3,(H,18,19)(H,20,21)/b17-11-. The van der Waals surface area contributed by atoms with Crippen LogP contribution in [0.3, 0.4) is 0 Å². The van der Waals surface area contributed by atoms with Crippen LogP contribution in [0.15, 0.2) is 29.4 Å². The smallest absolute Gasteiger partial charge is 0.281 e. The minimum atomic E-state index is -0.249. The number of amides is 1. The van der Waals surface area contributed by atoms with Gasteiger partial charge in [-0.3, -0.25) is 9.89 Å². The molecule has 0 saturated carbocycles. The fraction of sp³-hybridized carbons (Fsp3) is 0.312. The fourth-order valence-corrected chi connectivity index (χ4v) is 2.55. The minimum Gasteiger partial charge on any atom is -0.281 e. The summed E-state index contributed by atoms with van der Waals surface area (Å²) in [5.41, 5.74) is 8.15. The second kappa shape index (κ2) is 5.52. The zero-order valence-corrected chi connectivity index (χ0v) is 12.2. The van der Waals surface area contributed by atoms with Crippen LogP contribution < -0.4 is 5.43 Å². The normalized spacial score (nSPS) is 14.1. The number of hydrazone groups is 1. The van der Waals surface area contributed by atoms with Crippen LogP contribution in [-0.4, -0.2) is 21.8 Å². The van der Waals surface area contributed by atoms with E-state index in [9.17, 15) is 4.79 Å². The topological polar surface area (TPSA) is 70.1 Å². The molecule has 0 radical (unpaired) electrons. The second-order valence-corrected chi connectivity index (χ2v) is 5.39. The van der Waals surface area contributed by atoms with Gasteiger partial charge >= 0.3 is 0 Å². The van der Waals surface area contributed by atoms with Crippen molar-refractivity contribution >= 4 is 11.6 Å². The summed E-state index contributed by atoms with van der Waals surface area (Å²) in [6, 6.07) is 8.03. The Morgan fingerprint density at radius 1 is 1.29 bits per heavy atom. The quantitative estimate of drug-likeness (QED) is 0.670. The van der Waals surface area contributed by atoms with Gasteiger partial charge in [0.1, 0.15) is 0 Å². The number of hydrogen-bond acceptors (Lipinski definition) is 3. The molecule has 0 atom stereocenters. The van der Waals surface area contributed by atoms with Crippen LogP contribution in [0.25, 0.3) is 0 Å². The minimum absolute atomic E-state index is 0.249. The number of fused-ring (bicyclic) bond motifs is 1. The Kier molecular flexibility index (Phi) is 3.56. The Morgan fingerprint density at radius 2 is 2.05 bits per heavy atom. The maximum Gasteiger partial charge on any atom is 0.292 e. The molecule has 0 saturated heterocycles. The van der Waals surface area contributed by atoms with Crippen LogP contribution in [0.4, 0.5) is 0 Å². The second-order valence-electron chi connectivity index (χ2n) is 5.39. The maximum atomic E-state index is 12.2. The van der Waals surface area contributed by atoms with Gasteiger partial charge in [-0.05, 0) is 38.7 Å². The molecule has 21 heavy (non-hydrogen) atoms. The molecule has 0 spiro atoms. The van der Waals surface area contributed by atoms with Crippen LogP contribution in [0.5, 0.6) is 0 Å². The average Bonchev–Trinajstić information content (AvgIpc) is 3.08. The number of rotatable bonds is 3. The Hall–Kier alpha value is -2.43. The summed E-state index contributed by atoms with van der Waals surface area (Å²) < 4.78 is 0. The zero-order valence-electron chi connectivity index (χ0n) is 12.2. The predicted molar refractivity (Wildman–Crippen MR) is 81.5 cm³/mol. The van der Waals surface area contributed by atoms with E-state index in [1.165, 1.54) is 5.56 Å². The number of carbonyl (C=O) groups is 1. The van der Waals surface area contributed by atoms with Crippen LogP contribution >= 0.6 is 0 Å². The van der Waals surface area contributed by atoms with Crippen LogP contribution in [0, 0.1) is 6.92 Å². The molecule has 0 fully saturated rings. The van der Waals surface area contributed by atoms with Gasteiger partial charge < -0.3 is 0 Å². The van der Waals surface area contributed by atoms with Crippen molar-refractivity contribution in [1.82, 2.24) is 15.6 Å². The van der Waals surface area contributed by atoms with E-state index in [0.717, 1.165) is 41.8 Å². The third-order valence-electron chi connectivity index (χ3n) is 3.82. The van der Waals surface area contributed by atoms with E-state index in [1.807, 2.05) is 38.1 Å². The summed E-state index contributed by atoms with van der Waals surface area (Å²) in [6.07, 6.45) is 2.96. The SMILES string of the molecule is C/C(=N/NC(=O)c1n[nH]c2c1CCC2)c1ccc(C)cc1. The first kappa shape index (κ1) is 13.5. The molecule has 2 aromatic rings. The number of nitrogens with one attached hydrogen (secondary N) is 2. The number of aromatic amines is 1. The number of aromatic nitrogens is 2. The fourth-order valence-electron chi connectivity index (χ4n) is 2.55. The van der Waals surface area contributed by atoms with Crippen molar-refractivity contribution < 1.29 is 4.79 Å². The molecular formula is C16H18N4O. The van der Waals surface area contributed by atoms with Gasteiger partial charge in [0.2, 0.25) is 0 Å². The highest BCUT2D eigenvalue weighted by Crippen LogP contribution is 2.22. The molecule has 1 aromatic carbocycles. The first-order chi connectivity index (χ1) is 10.1. The van der Waals surface area contributed by atoms with Crippen molar-refractivity contribution in [1.29, 1.82) is 0 Å². The maximum absolute atomic E-state index is 12.2. The van der Waals surface area contributed by atoms with Gasteiger partial charge in [-0.2, -0.15) is 10.2 Å². The molecule has 1 heterocycles. The van der Waals surface area contributed by atoms with Crippen LogP contribution in [-0.2, 0) is 12.8 Å². The molecular weight excluding hydrogens is 264 g/mol. The molecule has 0 aliphatic heterocycles. The summed E-state index contributed by atoms with van der Waals surface area (Å²) in [7, 11) is 0. The van der Waals surface area contributed by atoms with Gasteiger partial charge in [-0.25, -0.2) is 5.43 Å². The number of aryl methyl sites for hydroxylation is 2. The number of benzene rings is 1. The Bertz CT molecular complexity index is 698. The number of carbonyl (C=O) groups excluding carboxylic acids is 1. The molecule has 1 aliphatic carbocycles. The van der Waals surface area contributed by atoms with Crippen LogP contribution in [0.2, 0.25) is 0 Å². The van der Waals surface area contributed by atoms with Gasteiger partial charge in [-0.15, -0.1) is 0 Å². The summed E-state index contributed by atoms with van der Waals surface area (Å²) in [5.74, 6) is -0.249. The summed E-state index contributed by atoms with van der Waals surface area (Å²) in [6.45, 7) is 3.91. The van der Waals surface area contributed by atoms with Gasteiger partial charge in [-0.1, -0.05) is 29.8 Å². The van der Waals surface area contributed by atoms with Crippen molar-refractivity contribution in [3.63, 3.8) is 0 Å². The molecule has 2 N–H and O–H groups in total. The van der Waals surface area contributed by atoms with Crippen molar-refractivity contribution in [2.24, 2.45) is 5.10 Å². The molecule has 5 heteroatoms. The van der Waals surface area contributed by atoms with E-state index in [1.54, 1.807) is 0 Å². The summed E-state index contributed by atoms with van der Waals surface area (Å²) in [4.78, 5) is 12.2. The van der Waals surface area contributed by atoms with E-state index in [-0.39, 0.29) is 5.91 Å². The zero-order chi connectivity index (χ0) is 14.8. The lowest BCUT2D eigenvalue weighted by Gasteiger charge is -2.03. The Balaban J connectivity index is 1.72. The van der Waals surface area contributed by atoms with Gasteiger partial charge in [0.15, 0.2) is 5.69 Å². The van der Waals surface area contributed by atoms with Gasteiger partial charge in [0.05, 0.1) is 5.71 Å². The number of nitrogens with zero attached hydrogens (tertiary/aromatic N) is 2. The van der Waals surface area contributed by atoms with Crippen molar-refractivity contribution in [3.8, 4) is 0 Å². The lowest BCUT2D eigenvalue weighted by atomic mass is 10.1. The monoisotopic (exact) mass is 282 g/mol. The molecule has 1 amide bonds. The van der Waals surface area contributed by atoms with E-state index in [4.69, 9.17) is 0 Å². The van der Waals surface area contributed by atoms with Gasteiger partial charge in [0.25, 0.3) is 5.91 Å². The average molecular weight is 282 g/mol. The predicted octanol–water partition coefficient (Wildman–Crippen LogP) is 2.36. The molecule has 0 bridgehead atoms. The number of H-pyrrole nitrogens is 1. The lowest BCUT2D eigenvalue weighted by molar-refractivity contribution is 0.0949. The summed E-state index contributed by atoms with van der Waals surface area (Å²) >= 11 is 0. The van der Waals surface area contributed by atoms with Crippen molar-refractivity contribution in [3.05, 3.63) is 52.3 Å². The van der Waals surface area contributed by atoms with Gasteiger partial charge in [0, 0.05) is 11.3 Å². The van der Waals surface area contributed by atoms with Crippen LogP contribution in [0.1, 0.15) is 46.2 Å². The summed E-state index contributed by atoms with van der Waals surface area (Å²) in [5, 5.41) is 11.2. The lowest BCUT2D eigenvalue weighted by Crippen LogP contribution is -2.21. The highest BCUT2D eigenvalue weighted by Gasteiger charge is 2.22. The Labute approximate surface area is 123 Å². The van der Waals surface area contributed by atoms with E-state index < -0.39 is 0 Å². The molecule has 5 nitrogen and oxygen atoms in total.